The van der Waals surface area contributed by atoms with Crippen LogP contribution in [-0.2, 0) is 16.6 Å². The molecule has 0 saturated carbocycles. The molecule has 1 N–H and O–H groups in total. The van der Waals surface area contributed by atoms with Gasteiger partial charge in [-0.2, -0.15) is 13.5 Å². The molecule has 0 spiro atoms. The van der Waals surface area contributed by atoms with E-state index < -0.39 is 10.0 Å². The molecule has 0 amide bonds. The lowest BCUT2D eigenvalue weighted by atomic mass is 10.5. The van der Waals surface area contributed by atoms with Crippen LogP contribution in [0, 0.1) is 0 Å². The Hall–Kier alpha value is -2.09. The Morgan fingerprint density at radius 1 is 1.50 bits per heavy atom. The fourth-order valence-corrected chi connectivity index (χ4v) is 2.31. The van der Waals surface area contributed by atoms with E-state index in [2.05, 4.69) is 9.82 Å². The number of aryl methyl sites for hydroxylation is 1. The largest absolute Gasteiger partial charge is 0.440 e. The first-order chi connectivity index (χ1) is 8.55. The average molecular weight is 269 g/mol. The highest BCUT2D eigenvalue weighted by atomic mass is 32.2. The molecule has 8 heteroatoms. The first kappa shape index (κ1) is 12.4. The molecule has 2 rings (SSSR count). The number of anilines is 1. The van der Waals surface area contributed by atoms with Crippen LogP contribution in [0.3, 0.4) is 0 Å². The van der Waals surface area contributed by atoms with E-state index in [-0.39, 0.29) is 10.9 Å². The van der Waals surface area contributed by atoms with Crippen LogP contribution in [0.2, 0.25) is 0 Å². The molecule has 0 aliphatic carbocycles. The van der Waals surface area contributed by atoms with E-state index in [0.29, 0.717) is 18.5 Å². The highest BCUT2D eigenvalue weighted by Crippen LogP contribution is 2.17. The number of carbonyl (C=O) groups excluding carboxylic acids is 1. The van der Waals surface area contributed by atoms with E-state index in [1.165, 1.54) is 18.3 Å². The number of nitrogens with one attached hydrogen (secondary N) is 1. The third-order valence-electron chi connectivity index (χ3n) is 2.19. The molecule has 2 aromatic rings. The Kier molecular flexibility index (Phi) is 3.19. The summed E-state index contributed by atoms with van der Waals surface area (Å²) >= 11 is 0. The predicted molar refractivity (Wildman–Crippen MR) is 62.8 cm³/mol. The van der Waals surface area contributed by atoms with E-state index in [1.54, 1.807) is 10.9 Å². The van der Waals surface area contributed by atoms with Crippen LogP contribution < -0.4 is 4.72 Å². The average Bonchev–Trinajstić information content (AvgIpc) is 2.96. The number of rotatable bonds is 5. The Labute approximate surface area is 103 Å². The number of sulfonamides is 1. The zero-order valence-corrected chi connectivity index (χ0v) is 10.3. The van der Waals surface area contributed by atoms with Crippen LogP contribution in [0.15, 0.2) is 34.0 Å². The van der Waals surface area contributed by atoms with E-state index in [4.69, 9.17) is 4.42 Å². The van der Waals surface area contributed by atoms with Crippen LogP contribution >= 0.6 is 0 Å². The summed E-state index contributed by atoms with van der Waals surface area (Å²) in [4.78, 5) is 10.4. The number of aromatic nitrogens is 2. The van der Waals surface area contributed by atoms with Crippen molar-refractivity contribution in [1.82, 2.24) is 9.78 Å². The van der Waals surface area contributed by atoms with Crippen molar-refractivity contribution in [2.75, 3.05) is 4.72 Å². The van der Waals surface area contributed by atoms with E-state index in [1.807, 2.05) is 6.92 Å². The van der Waals surface area contributed by atoms with Crippen molar-refractivity contribution < 1.29 is 17.6 Å². The highest BCUT2D eigenvalue weighted by molar-refractivity contribution is 7.92. The summed E-state index contributed by atoms with van der Waals surface area (Å²) in [5.74, 6) is -0.0420. The van der Waals surface area contributed by atoms with Crippen LogP contribution in [0.4, 0.5) is 5.69 Å². The number of hydrogen-bond acceptors (Lipinski definition) is 5. The Bertz CT molecular complexity index is 656. The van der Waals surface area contributed by atoms with Gasteiger partial charge in [0, 0.05) is 12.7 Å². The van der Waals surface area contributed by atoms with Crippen molar-refractivity contribution in [3.8, 4) is 0 Å². The first-order valence-corrected chi connectivity index (χ1v) is 6.64. The number of hydrogen-bond donors (Lipinski definition) is 1. The molecule has 0 saturated heterocycles. The van der Waals surface area contributed by atoms with Gasteiger partial charge < -0.3 is 4.42 Å². The highest BCUT2D eigenvalue weighted by Gasteiger charge is 2.19. The second kappa shape index (κ2) is 4.65. The Morgan fingerprint density at radius 3 is 2.83 bits per heavy atom. The molecule has 2 aromatic heterocycles. The number of carbonyl (C=O) groups is 1. The van der Waals surface area contributed by atoms with Crippen molar-refractivity contribution in [2.45, 2.75) is 18.6 Å². The molecule has 18 heavy (non-hydrogen) atoms. The summed E-state index contributed by atoms with van der Waals surface area (Å²) in [5.41, 5.74) is 0.334. The van der Waals surface area contributed by atoms with Gasteiger partial charge in [-0.15, -0.1) is 0 Å². The molecule has 0 aliphatic heterocycles. The predicted octanol–water partition coefficient (Wildman–Crippen LogP) is 1.11. The van der Waals surface area contributed by atoms with Crippen molar-refractivity contribution >= 4 is 22.0 Å². The summed E-state index contributed by atoms with van der Waals surface area (Å²) in [7, 11) is -3.83. The van der Waals surface area contributed by atoms with Gasteiger partial charge in [0.1, 0.15) is 0 Å². The first-order valence-electron chi connectivity index (χ1n) is 5.15. The number of furan rings is 1. The molecule has 2 heterocycles. The van der Waals surface area contributed by atoms with Gasteiger partial charge in [0.2, 0.25) is 5.09 Å². The fourth-order valence-electron chi connectivity index (χ4n) is 1.34. The summed E-state index contributed by atoms with van der Waals surface area (Å²) in [6.07, 6.45) is 3.39. The van der Waals surface area contributed by atoms with Gasteiger partial charge in [0.25, 0.3) is 10.0 Å². The SMILES string of the molecule is CCn1cc(NS(=O)(=O)c2ccc(C=O)o2)cn1. The van der Waals surface area contributed by atoms with E-state index in [9.17, 15) is 13.2 Å². The van der Waals surface area contributed by atoms with Gasteiger partial charge >= 0.3 is 0 Å². The van der Waals surface area contributed by atoms with Crippen molar-refractivity contribution in [1.29, 1.82) is 0 Å². The standard InChI is InChI=1S/C10H11N3O4S/c1-2-13-6-8(5-11-13)12-18(15,16)10-4-3-9(7-14)17-10/h3-7,12H,2H2,1H3. The van der Waals surface area contributed by atoms with Crippen LogP contribution in [-0.4, -0.2) is 24.5 Å². The second-order valence-corrected chi connectivity index (χ2v) is 5.08. The minimum absolute atomic E-state index is 0.0420. The smallest absolute Gasteiger partial charge is 0.295 e. The third-order valence-corrected chi connectivity index (χ3v) is 3.45. The maximum Gasteiger partial charge on any atom is 0.295 e. The second-order valence-electron chi connectivity index (χ2n) is 3.46. The normalized spacial score (nSPS) is 11.4. The minimum atomic E-state index is -3.83. The molecule has 96 valence electrons. The van der Waals surface area contributed by atoms with Crippen LogP contribution in [0.1, 0.15) is 17.5 Å². The van der Waals surface area contributed by atoms with Gasteiger partial charge in [0.15, 0.2) is 12.0 Å². The summed E-state index contributed by atoms with van der Waals surface area (Å²) in [5, 5.41) is 3.63. The molecular formula is C10H11N3O4S. The monoisotopic (exact) mass is 269 g/mol. The lowest BCUT2D eigenvalue weighted by Crippen LogP contribution is -2.11. The third kappa shape index (κ3) is 2.43. The van der Waals surface area contributed by atoms with Crippen LogP contribution in [0.5, 0.6) is 0 Å². The number of nitrogens with zero attached hydrogens (tertiary/aromatic N) is 2. The molecule has 0 fully saturated rings. The van der Waals surface area contributed by atoms with Crippen LogP contribution in [0.25, 0.3) is 0 Å². The topological polar surface area (TPSA) is 94.2 Å². The fraction of sp³-hybridized carbons (Fsp3) is 0.200. The molecule has 0 radical (unpaired) electrons. The maximum absolute atomic E-state index is 11.9. The molecular weight excluding hydrogens is 258 g/mol. The van der Waals surface area contributed by atoms with Gasteiger partial charge in [-0.1, -0.05) is 0 Å². The van der Waals surface area contributed by atoms with Crippen molar-refractivity contribution in [3.05, 3.63) is 30.3 Å². The lowest BCUT2D eigenvalue weighted by Gasteiger charge is -2.01. The van der Waals surface area contributed by atoms with Gasteiger partial charge in [-0.25, -0.2) is 0 Å². The summed E-state index contributed by atoms with van der Waals surface area (Å²) in [6, 6.07) is 2.51. The molecule has 0 atom stereocenters. The van der Waals surface area contributed by atoms with Gasteiger partial charge in [0.05, 0.1) is 11.9 Å². The number of aldehydes is 1. The van der Waals surface area contributed by atoms with Gasteiger partial charge in [-0.05, 0) is 19.1 Å². The maximum atomic E-state index is 11.9. The molecule has 0 unspecified atom stereocenters. The van der Waals surface area contributed by atoms with Crippen molar-refractivity contribution in [2.24, 2.45) is 0 Å². The molecule has 7 nitrogen and oxygen atoms in total. The molecule has 0 aliphatic rings. The van der Waals surface area contributed by atoms with Crippen molar-refractivity contribution in [3.63, 3.8) is 0 Å². The Morgan fingerprint density at radius 2 is 2.28 bits per heavy atom. The zero-order valence-electron chi connectivity index (χ0n) is 9.53. The lowest BCUT2D eigenvalue weighted by molar-refractivity contribution is 0.109. The van der Waals surface area contributed by atoms with E-state index in [0.717, 1.165) is 0 Å². The van der Waals surface area contributed by atoms with E-state index >= 15 is 0 Å². The quantitative estimate of drug-likeness (QED) is 0.820. The summed E-state index contributed by atoms with van der Waals surface area (Å²) in [6.45, 7) is 2.52. The zero-order chi connectivity index (χ0) is 13.2. The summed E-state index contributed by atoms with van der Waals surface area (Å²) < 4.78 is 32.5. The minimum Gasteiger partial charge on any atom is -0.440 e. The van der Waals surface area contributed by atoms with Gasteiger partial charge in [-0.3, -0.25) is 14.2 Å². The Balaban J connectivity index is 2.23. The molecule has 0 bridgehead atoms. The molecule has 0 aromatic carbocycles.